The summed E-state index contributed by atoms with van der Waals surface area (Å²) in [5.74, 6) is 0.663. The molecule has 1 unspecified atom stereocenters. The van der Waals surface area contributed by atoms with Gasteiger partial charge in [-0.25, -0.2) is 8.42 Å². The summed E-state index contributed by atoms with van der Waals surface area (Å²) in [6.45, 7) is 7.41. The Labute approximate surface area is 137 Å². The fourth-order valence-electron chi connectivity index (χ4n) is 3.14. The maximum Gasteiger partial charge on any atom is 0.219 e. The van der Waals surface area contributed by atoms with E-state index in [0.29, 0.717) is 17.9 Å². The number of fused-ring (bicyclic) bond motifs is 1. The highest BCUT2D eigenvalue weighted by Gasteiger charge is 2.48. The van der Waals surface area contributed by atoms with Crippen LogP contribution in [0.4, 0.5) is 5.69 Å². The zero-order valence-electron chi connectivity index (χ0n) is 13.8. The molecule has 0 fully saturated rings. The summed E-state index contributed by atoms with van der Waals surface area (Å²) in [7, 11) is -3.63. The second-order valence-electron chi connectivity index (χ2n) is 6.33. The minimum absolute atomic E-state index is 0.273. The molecule has 0 saturated carbocycles. The lowest BCUT2D eigenvalue weighted by atomic mass is 9.95. The lowest BCUT2D eigenvalue weighted by Crippen LogP contribution is -2.40. The normalized spacial score (nSPS) is 20.2. The minimum Gasteiger partial charge on any atom is -0.470 e. The van der Waals surface area contributed by atoms with Gasteiger partial charge in [0, 0.05) is 17.7 Å². The Bertz CT molecular complexity index is 849. The van der Waals surface area contributed by atoms with E-state index in [2.05, 4.69) is 0 Å². The number of rotatable bonds is 2. The first-order valence-corrected chi connectivity index (χ1v) is 9.04. The van der Waals surface area contributed by atoms with Crippen molar-refractivity contribution in [1.29, 1.82) is 0 Å². The van der Waals surface area contributed by atoms with Crippen LogP contribution in [0.1, 0.15) is 29.2 Å². The predicted octanol–water partition coefficient (Wildman–Crippen LogP) is 3.32. The van der Waals surface area contributed by atoms with Gasteiger partial charge < -0.3 is 10.5 Å². The molecule has 23 heavy (non-hydrogen) atoms. The number of hydrogen-bond acceptors (Lipinski definition) is 4. The van der Waals surface area contributed by atoms with Gasteiger partial charge in [-0.15, -0.1) is 0 Å². The van der Waals surface area contributed by atoms with Crippen LogP contribution in [0.3, 0.4) is 0 Å². The Morgan fingerprint density at radius 1 is 1.04 bits per heavy atom. The Balaban J connectivity index is 2.15. The summed E-state index contributed by atoms with van der Waals surface area (Å²) in [4.78, 5) is -1.04. The average molecular weight is 331 g/mol. The Morgan fingerprint density at radius 3 is 2.26 bits per heavy atom. The molecule has 0 bridgehead atoms. The van der Waals surface area contributed by atoms with Crippen LogP contribution < -0.4 is 10.5 Å². The van der Waals surface area contributed by atoms with Gasteiger partial charge in [0.1, 0.15) is 5.75 Å². The summed E-state index contributed by atoms with van der Waals surface area (Å²) in [6, 6.07) is 8.44. The van der Waals surface area contributed by atoms with Crippen molar-refractivity contribution in [3.05, 3.63) is 52.6 Å². The molecule has 0 saturated heterocycles. The molecule has 0 radical (unpaired) electrons. The zero-order chi connectivity index (χ0) is 17.0. The third-order valence-electron chi connectivity index (χ3n) is 4.88. The fraction of sp³-hybridized carbons (Fsp3) is 0.333. The fourth-order valence-corrected chi connectivity index (χ4v) is 4.68. The first-order chi connectivity index (χ1) is 10.7. The molecule has 0 aromatic heterocycles. The standard InChI is InChI=1S/C18H21NO3S/c1-11-12(2)17-15(13(3)16(11)19)10-18(4,22-17)23(20,21)14-8-6-5-7-9-14/h5-9H,10,19H2,1-4H3. The molecule has 3 rings (SSSR count). The number of hydrogen-bond donors (Lipinski definition) is 1. The molecule has 4 nitrogen and oxygen atoms in total. The summed E-state index contributed by atoms with van der Waals surface area (Å²) < 4.78 is 32.1. The van der Waals surface area contributed by atoms with Gasteiger partial charge >= 0.3 is 0 Å². The largest absolute Gasteiger partial charge is 0.470 e. The van der Waals surface area contributed by atoms with E-state index in [1.807, 2.05) is 20.8 Å². The number of sulfone groups is 1. The highest BCUT2D eigenvalue weighted by atomic mass is 32.2. The molecule has 1 aliphatic heterocycles. The van der Waals surface area contributed by atoms with Crippen molar-refractivity contribution in [3.63, 3.8) is 0 Å². The van der Waals surface area contributed by atoms with Crippen LogP contribution in [-0.4, -0.2) is 13.4 Å². The highest BCUT2D eigenvalue weighted by molar-refractivity contribution is 7.92. The van der Waals surface area contributed by atoms with E-state index >= 15 is 0 Å². The third kappa shape index (κ3) is 2.14. The number of anilines is 1. The minimum atomic E-state index is -3.63. The topological polar surface area (TPSA) is 69.4 Å². The van der Waals surface area contributed by atoms with Gasteiger partial charge in [-0.1, -0.05) is 18.2 Å². The monoisotopic (exact) mass is 331 g/mol. The maximum absolute atomic E-state index is 13.1. The van der Waals surface area contributed by atoms with Crippen LogP contribution in [-0.2, 0) is 16.3 Å². The molecule has 0 spiro atoms. The van der Waals surface area contributed by atoms with Crippen molar-refractivity contribution in [1.82, 2.24) is 0 Å². The van der Waals surface area contributed by atoms with Gasteiger partial charge in [-0.2, -0.15) is 0 Å². The van der Waals surface area contributed by atoms with Crippen molar-refractivity contribution >= 4 is 15.5 Å². The molecular weight excluding hydrogens is 310 g/mol. The van der Waals surface area contributed by atoms with Gasteiger partial charge in [-0.3, -0.25) is 0 Å². The van der Waals surface area contributed by atoms with Crippen molar-refractivity contribution in [2.45, 2.75) is 43.9 Å². The number of nitrogens with two attached hydrogens (primary N) is 1. The summed E-state index contributed by atoms with van der Waals surface area (Å²) in [6.07, 6.45) is 0.302. The lowest BCUT2D eigenvalue weighted by molar-refractivity contribution is 0.201. The van der Waals surface area contributed by atoms with E-state index in [1.54, 1.807) is 37.3 Å². The Hall–Kier alpha value is -2.01. The molecule has 1 heterocycles. The van der Waals surface area contributed by atoms with E-state index < -0.39 is 14.8 Å². The smallest absolute Gasteiger partial charge is 0.219 e. The van der Waals surface area contributed by atoms with Crippen LogP contribution in [0.5, 0.6) is 5.75 Å². The molecule has 2 N–H and O–H groups in total. The van der Waals surface area contributed by atoms with Gasteiger partial charge in [0.2, 0.25) is 14.8 Å². The van der Waals surface area contributed by atoms with Gasteiger partial charge in [0.15, 0.2) is 0 Å². The first-order valence-electron chi connectivity index (χ1n) is 7.56. The van der Waals surface area contributed by atoms with Crippen LogP contribution in [0.15, 0.2) is 35.2 Å². The van der Waals surface area contributed by atoms with E-state index in [-0.39, 0.29) is 4.90 Å². The first kappa shape index (κ1) is 15.9. The number of nitrogen functional groups attached to an aromatic ring is 1. The summed E-state index contributed by atoms with van der Waals surface area (Å²) in [5.41, 5.74) is 10.5. The molecule has 122 valence electrons. The maximum atomic E-state index is 13.1. The van der Waals surface area contributed by atoms with Crippen LogP contribution in [0.25, 0.3) is 0 Å². The van der Waals surface area contributed by atoms with Crippen molar-refractivity contribution in [2.75, 3.05) is 5.73 Å². The van der Waals surface area contributed by atoms with Crippen LogP contribution in [0, 0.1) is 20.8 Å². The van der Waals surface area contributed by atoms with Crippen molar-refractivity contribution in [3.8, 4) is 5.75 Å². The highest BCUT2D eigenvalue weighted by Crippen LogP contribution is 2.46. The molecule has 0 amide bonds. The number of benzene rings is 2. The molecular formula is C18H21NO3S. The molecule has 1 aliphatic rings. The van der Waals surface area contributed by atoms with Crippen LogP contribution >= 0.6 is 0 Å². The summed E-state index contributed by atoms with van der Waals surface area (Å²) >= 11 is 0. The van der Waals surface area contributed by atoms with E-state index in [1.165, 1.54) is 0 Å². The second-order valence-corrected chi connectivity index (χ2v) is 8.67. The quantitative estimate of drug-likeness (QED) is 0.857. The summed E-state index contributed by atoms with van der Waals surface area (Å²) in [5, 5.41) is 0. The van der Waals surface area contributed by atoms with E-state index in [4.69, 9.17) is 10.5 Å². The van der Waals surface area contributed by atoms with Gasteiger partial charge in [0.25, 0.3) is 0 Å². The van der Waals surface area contributed by atoms with E-state index in [0.717, 1.165) is 22.3 Å². The average Bonchev–Trinajstić information content (AvgIpc) is 2.92. The Kier molecular flexibility index (Phi) is 3.45. The van der Waals surface area contributed by atoms with Crippen molar-refractivity contribution < 1.29 is 13.2 Å². The van der Waals surface area contributed by atoms with Crippen LogP contribution in [0.2, 0.25) is 0 Å². The van der Waals surface area contributed by atoms with Gasteiger partial charge in [-0.05, 0) is 56.5 Å². The Morgan fingerprint density at radius 2 is 1.65 bits per heavy atom. The molecule has 2 aromatic rings. The SMILES string of the molecule is Cc1c(C)c2c(c(C)c1N)CC(C)(S(=O)(=O)c1ccccc1)O2. The van der Waals surface area contributed by atoms with Gasteiger partial charge in [0.05, 0.1) is 4.90 Å². The molecule has 5 heteroatoms. The second kappa shape index (κ2) is 4.99. The third-order valence-corrected chi connectivity index (χ3v) is 7.13. The predicted molar refractivity (Wildman–Crippen MR) is 91.4 cm³/mol. The van der Waals surface area contributed by atoms with E-state index in [9.17, 15) is 8.42 Å². The zero-order valence-corrected chi connectivity index (χ0v) is 14.6. The van der Waals surface area contributed by atoms with Crippen molar-refractivity contribution in [2.24, 2.45) is 0 Å². The molecule has 1 atom stereocenters. The molecule has 2 aromatic carbocycles. The number of ether oxygens (including phenoxy) is 1. The molecule has 0 aliphatic carbocycles. The lowest BCUT2D eigenvalue weighted by Gasteiger charge is -2.24.